The Balaban J connectivity index is 1.81. The molecule has 0 aliphatic rings. The first-order valence-corrected chi connectivity index (χ1v) is 7.49. The summed E-state index contributed by atoms with van der Waals surface area (Å²) in [7, 11) is 3.88. The first kappa shape index (κ1) is 16.5. The van der Waals surface area contributed by atoms with E-state index >= 15 is 0 Å². The van der Waals surface area contributed by atoms with Crippen LogP contribution < -0.4 is 4.74 Å². The van der Waals surface area contributed by atoms with E-state index in [1.165, 1.54) is 0 Å². The molecule has 0 bridgehead atoms. The van der Waals surface area contributed by atoms with Gasteiger partial charge >= 0.3 is 0 Å². The van der Waals surface area contributed by atoms with Crippen molar-refractivity contribution in [3.05, 3.63) is 47.3 Å². The lowest BCUT2D eigenvalue weighted by atomic mass is 10.1. The van der Waals surface area contributed by atoms with Crippen LogP contribution in [0.5, 0.6) is 5.75 Å². The van der Waals surface area contributed by atoms with Gasteiger partial charge in [0.15, 0.2) is 0 Å². The second kappa shape index (κ2) is 7.42. The predicted octanol–water partition coefficient (Wildman–Crippen LogP) is 1.91. The third kappa shape index (κ3) is 4.58. The van der Waals surface area contributed by atoms with Gasteiger partial charge in [-0.15, -0.1) is 0 Å². The lowest BCUT2D eigenvalue weighted by Gasteiger charge is -2.21. The van der Waals surface area contributed by atoms with Crippen molar-refractivity contribution in [2.45, 2.75) is 26.5 Å². The highest BCUT2D eigenvalue weighted by Crippen LogP contribution is 2.22. The molecule has 1 heterocycles. The summed E-state index contributed by atoms with van der Waals surface area (Å²) in [4.78, 5) is 2.07. The molecule has 5 nitrogen and oxygen atoms in total. The molecule has 0 aliphatic heterocycles. The smallest absolute Gasteiger partial charge is 0.125 e. The second-order valence-corrected chi connectivity index (χ2v) is 5.90. The molecule has 5 heteroatoms. The Morgan fingerprint density at radius 3 is 2.59 bits per heavy atom. The van der Waals surface area contributed by atoms with Crippen LogP contribution in [-0.2, 0) is 13.6 Å². The van der Waals surface area contributed by atoms with E-state index < -0.39 is 6.10 Å². The zero-order chi connectivity index (χ0) is 16.1. The van der Waals surface area contributed by atoms with Crippen molar-refractivity contribution in [3.63, 3.8) is 0 Å². The fourth-order valence-corrected chi connectivity index (χ4v) is 2.55. The standard InChI is InChI=1S/C17H25N3O2/c1-13-6-5-7-14(2)17(13)22-12-16(21)11-19(3)9-15-8-18-20(4)10-15/h5-8,10,16,21H,9,11-12H2,1-4H3. The van der Waals surface area contributed by atoms with E-state index in [9.17, 15) is 5.11 Å². The Labute approximate surface area is 132 Å². The molecule has 0 amide bonds. The lowest BCUT2D eigenvalue weighted by Crippen LogP contribution is -2.32. The molecule has 1 aromatic carbocycles. The molecule has 2 rings (SSSR count). The Kier molecular flexibility index (Phi) is 5.57. The minimum Gasteiger partial charge on any atom is -0.490 e. The molecule has 22 heavy (non-hydrogen) atoms. The van der Waals surface area contributed by atoms with Gasteiger partial charge in [-0.3, -0.25) is 9.58 Å². The first-order chi connectivity index (χ1) is 10.5. The second-order valence-electron chi connectivity index (χ2n) is 5.90. The summed E-state index contributed by atoms with van der Waals surface area (Å²) in [5.41, 5.74) is 3.32. The van der Waals surface area contributed by atoms with E-state index in [2.05, 4.69) is 10.00 Å². The summed E-state index contributed by atoms with van der Waals surface area (Å²) in [5, 5.41) is 14.3. The quantitative estimate of drug-likeness (QED) is 0.849. The summed E-state index contributed by atoms with van der Waals surface area (Å²) in [6.07, 6.45) is 3.30. The fraction of sp³-hybridized carbons (Fsp3) is 0.471. The molecule has 1 aromatic heterocycles. The first-order valence-electron chi connectivity index (χ1n) is 7.49. The van der Waals surface area contributed by atoms with Crippen LogP contribution in [0.1, 0.15) is 16.7 Å². The van der Waals surface area contributed by atoms with Gasteiger partial charge in [0.2, 0.25) is 0 Å². The molecule has 1 atom stereocenters. The molecular formula is C17H25N3O2. The van der Waals surface area contributed by atoms with Crippen LogP contribution >= 0.6 is 0 Å². The van der Waals surface area contributed by atoms with Crippen molar-refractivity contribution >= 4 is 0 Å². The highest BCUT2D eigenvalue weighted by Gasteiger charge is 2.12. The fourth-order valence-electron chi connectivity index (χ4n) is 2.55. The van der Waals surface area contributed by atoms with Gasteiger partial charge in [-0.25, -0.2) is 0 Å². The van der Waals surface area contributed by atoms with E-state index in [1.807, 2.05) is 58.5 Å². The third-order valence-corrected chi connectivity index (χ3v) is 3.56. The number of aromatic nitrogens is 2. The van der Waals surface area contributed by atoms with Gasteiger partial charge < -0.3 is 9.84 Å². The Morgan fingerprint density at radius 2 is 2.00 bits per heavy atom. The molecule has 2 aromatic rings. The predicted molar refractivity (Wildman–Crippen MR) is 87.0 cm³/mol. The summed E-state index contributed by atoms with van der Waals surface area (Å²) in [6, 6.07) is 6.04. The van der Waals surface area contributed by atoms with Gasteiger partial charge in [0.1, 0.15) is 18.5 Å². The SMILES string of the molecule is Cc1cccc(C)c1OCC(O)CN(C)Cc1cnn(C)c1. The maximum Gasteiger partial charge on any atom is 0.125 e. The van der Waals surface area contributed by atoms with Crippen LogP contribution in [0.15, 0.2) is 30.6 Å². The highest BCUT2D eigenvalue weighted by molar-refractivity contribution is 5.39. The van der Waals surface area contributed by atoms with E-state index in [0.717, 1.165) is 29.0 Å². The number of rotatable bonds is 7. The Bertz CT molecular complexity index is 589. The summed E-state index contributed by atoms with van der Waals surface area (Å²) >= 11 is 0. The van der Waals surface area contributed by atoms with Crippen molar-refractivity contribution < 1.29 is 9.84 Å². The summed E-state index contributed by atoms with van der Waals surface area (Å²) in [5.74, 6) is 0.872. The van der Waals surface area contributed by atoms with Crippen molar-refractivity contribution in [2.24, 2.45) is 7.05 Å². The zero-order valence-electron chi connectivity index (χ0n) is 13.8. The van der Waals surface area contributed by atoms with Crippen molar-refractivity contribution in [1.82, 2.24) is 14.7 Å². The normalized spacial score (nSPS) is 12.6. The molecular weight excluding hydrogens is 278 g/mol. The number of nitrogens with zero attached hydrogens (tertiary/aromatic N) is 3. The molecule has 0 aliphatic carbocycles. The number of hydrogen-bond acceptors (Lipinski definition) is 4. The van der Waals surface area contributed by atoms with E-state index in [0.29, 0.717) is 13.2 Å². The molecule has 120 valence electrons. The maximum atomic E-state index is 10.2. The van der Waals surface area contributed by atoms with Gasteiger partial charge in [-0.1, -0.05) is 18.2 Å². The van der Waals surface area contributed by atoms with Gasteiger partial charge in [0.05, 0.1) is 6.20 Å². The average molecular weight is 303 g/mol. The third-order valence-electron chi connectivity index (χ3n) is 3.56. The Hall–Kier alpha value is -1.85. The van der Waals surface area contributed by atoms with E-state index in [-0.39, 0.29) is 0 Å². The molecule has 0 fully saturated rings. The number of ether oxygens (including phenoxy) is 1. The van der Waals surface area contributed by atoms with Crippen LogP contribution in [0.3, 0.4) is 0 Å². The molecule has 1 unspecified atom stereocenters. The topological polar surface area (TPSA) is 50.5 Å². The number of likely N-dealkylation sites (N-methyl/N-ethyl adjacent to an activating group) is 1. The maximum absolute atomic E-state index is 10.2. The zero-order valence-corrected chi connectivity index (χ0v) is 13.8. The van der Waals surface area contributed by atoms with Gasteiger partial charge in [0.25, 0.3) is 0 Å². The van der Waals surface area contributed by atoms with Crippen molar-refractivity contribution in [3.8, 4) is 5.75 Å². The number of benzene rings is 1. The molecule has 0 saturated carbocycles. The summed E-state index contributed by atoms with van der Waals surface area (Å²) in [6.45, 7) is 5.64. The minimum atomic E-state index is -0.527. The van der Waals surface area contributed by atoms with E-state index in [4.69, 9.17) is 4.74 Å². The summed E-state index contributed by atoms with van der Waals surface area (Å²) < 4.78 is 7.57. The average Bonchev–Trinajstić information content (AvgIpc) is 2.83. The number of aryl methyl sites for hydroxylation is 3. The molecule has 0 saturated heterocycles. The van der Waals surface area contributed by atoms with Gasteiger partial charge in [0, 0.05) is 31.9 Å². The number of aliphatic hydroxyl groups excluding tert-OH is 1. The van der Waals surface area contributed by atoms with Crippen LogP contribution in [-0.4, -0.2) is 46.1 Å². The van der Waals surface area contributed by atoms with Crippen molar-refractivity contribution in [2.75, 3.05) is 20.2 Å². The van der Waals surface area contributed by atoms with Gasteiger partial charge in [-0.2, -0.15) is 5.10 Å². The van der Waals surface area contributed by atoms with Gasteiger partial charge in [-0.05, 0) is 32.0 Å². The van der Waals surface area contributed by atoms with Crippen molar-refractivity contribution in [1.29, 1.82) is 0 Å². The highest BCUT2D eigenvalue weighted by atomic mass is 16.5. The minimum absolute atomic E-state index is 0.295. The van der Waals surface area contributed by atoms with Crippen LogP contribution in [0.4, 0.5) is 0 Å². The monoisotopic (exact) mass is 303 g/mol. The largest absolute Gasteiger partial charge is 0.490 e. The molecule has 0 radical (unpaired) electrons. The Morgan fingerprint density at radius 1 is 1.32 bits per heavy atom. The lowest BCUT2D eigenvalue weighted by molar-refractivity contribution is 0.0739. The number of aliphatic hydroxyl groups is 1. The van der Waals surface area contributed by atoms with Crippen LogP contribution in [0.25, 0.3) is 0 Å². The number of para-hydroxylation sites is 1. The van der Waals surface area contributed by atoms with Crippen LogP contribution in [0, 0.1) is 13.8 Å². The molecule has 0 spiro atoms. The molecule has 1 N–H and O–H groups in total. The van der Waals surface area contributed by atoms with Crippen LogP contribution in [0.2, 0.25) is 0 Å². The van der Waals surface area contributed by atoms with E-state index in [1.54, 1.807) is 4.68 Å². The number of hydrogen-bond donors (Lipinski definition) is 1.